The van der Waals surface area contributed by atoms with E-state index >= 15 is 0 Å². The van der Waals surface area contributed by atoms with Gasteiger partial charge in [0.25, 0.3) is 0 Å². The number of nitrogens with one attached hydrogen (secondary N) is 1. The number of carbonyl (C=O) groups is 1. The third kappa shape index (κ3) is 28.4. The Morgan fingerprint density at radius 3 is 1.39 bits per heavy atom. The molecule has 9 heteroatoms. The standard InChI is InChI=1S/C47H91NO8/c1-3-5-7-9-11-13-15-17-19-20-21-23-25-27-29-31-33-35-37-43(51)48-40(39-55-47-46(54)45(53)44(52)42(38-49)56-47)41(50)36-34-32-30-28-26-24-22-18-16-14-12-10-8-6-4-2/h34,36,40-42,44-47,49-50,52-54H,3-33,35,37-39H2,1-2H3,(H,48,51)/b36-34+/t40-,41+,42+,44-,45?,46?,47+/m0/s1. The molecule has 1 amide bonds. The zero-order valence-corrected chi connectivity index (χ0v) is 36.4. The van der Waals surface area contributed by atoms with Gasteiger partial charge in [-0.2, -0.15) is 0 Å². The van der Waals surface area contributed by atoms with E-state index in [-0.39, 0.29) is 12.5 Å². The van der Waals surface area contributed by atoms with Gasteiger partial charge in [-0.15, -0.1) is 0 Å². The summed E-state index contributed by atoms with van der Waals surface area (Å²) in [7, 11) is 0. The number of hydrogen-bond acceptors (Lipinski definition) is 8. The van der Waals surface area contributed by atoms with Crippen molar-refractivity contribution in [1.29, 1.82) is 0 Å². The monoisotopic (exact) mass is 798 g/mol. The Morgan fingerprint density at radius 1 is 0.589 bits per heavy atom. The Morgan fingerprint density at radius 2 is 0.982 bits per heavy atom. The van der Waals surface area contributed by atoms with Crippen molar-refractivity contribution in [2.24, 2.45) is 0 Å². The van der Waals surface area contributed by atoms with Gasteiger partial charge in [-0.3, -0.25) is 4.79 Å². The minimum atomic E-state index is -1.56. The highest BCUT2D eigenvalue weighted by atomic mass is 16.7. The van der Waals surface area contributed by atoms with Crippen LogP contribution >= 0.6 is 0 Å². The first kappa shape index (κ1) is 52.9. The van der Waals surface area contributed by atoms with E-state index in [0.29, 0.717) is 6.42 Å². The maximum Gasteiger partial charge on any atom is 0.220 e. The van der Waals surface area contributed by atoms with Gasteiger partial charge < -0.3 is 40.3 Å². The zero-order chi connectivity index (χ0) is 40.9. The maximum atomic E-state index is 13.0. The lowest BCUT2D eigenvalue weighted by atomic mass is 9.99. The zero-order valence-electron chi connectivity index (χ0n) is 36.4. The van der Waals surface area contributed by atoms with E-state index in [1.165, 1.54) is 167 Å². The van der Waals surface area contributed by atoms with Crippen LogP contribution in [0.15, 0.2) is 12.2 Å². The van der Waals surface area contributed by atoms with E-state index in [4.69, 9.17) is 9.47 Å². The Kier molecular flexibility index (Phi) is 36.1. The third-order valence-electron chi connectivity index (χ3n) is 11.6. The summed E-state index contributed by atoms with van der Waals surface area (Å²) < 4.78 is 11.2. The molecule has 7 atom stereocenters. The first-order valence-electron chi connectivity index (χ1n) is 23.9. The van der Waals surface area contributed by atoms with Crippen molar-refractivity contribution in [3.05, 3.63) is 12.2 Å². The molecule has 1 fully saturated rings. The van der Waals surface area contributed by atoms with Crippen LogP contribution in [-0.2, 0) is 14.3 Å². The van der Waals surface area contributed by atoms with Crippen LogP contribution < -0.4 is 5.32 Å². The second-order valence-electron chi connectivity index (χ2n) is 16.9. The van der Waals surface area contributed by atoms with Crippen LogP contribution in [0.25, 0.3) is 0 Å². The highest BCUT2D eigenvalue weighted by molar-refractivity contribution is 5.76. The molecular weight excluding hydrogens is 707 g/mol. The van der Waals surface area contributed by atoms with Crippen LogP contribution in [-0.4, -0.2) is 87.5 Å². The quantitative estimate of drug-likeness (QED) is 0.0265. The molecule has 0 spiro atoms. The van der Waals surface area contributed by atoms with Crippen LogP contribution in [0.3, 0.4) is 0 Å². The fourth-order valence-electron chi connectivity index (χ4n) is 7.75. The SMILES string of the molecule is CCCCCCCCCCCCCCC/C=C/[C@@H](O)[C@H](CO[C@@H]1O[C@H](CO)[C@H](O)C(O)C1O)NC(=O)CCCCCCCCCCCCCCCCCCCC. The number of carbonyl (C=O) groups excluding carboxylic acids is 1. The number of allylic oxidation sites excluding steroid dienone is 1. The molecule has 332 valence electrons. The van der Waals surface area contributed by atoms with Gasteiger partial charge >= 0.3 is 0 Å². The topological polar surface area (TPSA) is 149 Å². The molecular formula is C47H91NO8. The van der Waals surface area contributed by atoms with Crippen LogP contribution in [0, 0.1) is 0 Å². The molecule has 56 heavy (non-hydrogen) atoms. The van der Waals surface area contributed by atoms with Gasteiger partial charge in [0.15, 0.2) is 6.29 Å². The number of amides is 1. The maximum absolute atomic E-state index is 13.0. The van der Waals surface area contributed by atoms with Gasteiger partial charge in [-0.25, -0.2) is 0 Å². The first-order valence-corrected chi connectivity index (χ1v) is 23.9. The molecule has 9 nitrogen and oxygen atoms in total. The van der Waals surface area contributed by atoms with Crippen LogP contribution in [0.1, 0.15) is 226 Å². The van der Waals surface area contributed by atoms with Crippen LogP contribution in [0.4, 0.5) is 0 Å². The minimum Gasteiger partial charge on any atom is -0.394 e. The molecule has 0 aromatic rings. The lowest BCUT2D eigenvalue weighted by Crippen LogP contribution is -2.60. The van der Waals surface area contributed by atoms with Gasteiger partial charge in [-0.05, 0) is 19.3 Å². The molecule has 0 radical (unpaired) electrons. The van der Waals surface area contributed by atoms with E-state index in [0.717, 1.165) is 38.5 Å². The second kappa shape index (κ2) is 38.2. The minimum absolute atomic E-state index is 0.173. The summed E-state index contributed by atoms with van der Waals surface area (Å²) in [5.74, 6) is -0.173. The summed E-state index contributed by atoms with van der Waals surface area (Å²) in [5.41, 5.74) is 0. The predicted octanol–water partition coefficient (Wildman–Crippen LogP) is 10.1. The Labute approximate surface area is 344 Å². The first-order chi connectivity index (χ1) is 27.3. The van der Waals surface area contributed by atoms with Crippen LogP contribution in [0.5, 0.6) is 0 Å². The molecule has 0 bridgehead atoms. The Balaban J connectivity index is 2.32. The Hall–Kier alpha value is -1.07. The molecule has 0 saturated carbocycles. The normalized spacial score (nSPS) is 21.2. The van der Waals surface area contributed by atoms with Crippen molar-refractivity contribution < 1.29 is 39.8 Å². The largest absolute Gasteiger partial charge is 0.394 e. The second-order valence-corrected chi connectivity index (χ2v) is 16.9. The highest BCUT2D eigenvalue weighted by Crippen LogP contribution is 2.23. The lowest BCUT2D eigenvalue weighted by molar-refractivity contribution is -0.302. The van der Waals surface area contributed by atoms with Crippen molar-refractivity contribution in [3.8, 4) is 0 Å². The third-order valence-corrected chi connectivity index (χ3v) is 11.6. The number of aliphatic hydroxyl groups is 5. The summed E-state index contributed by atoms with van der Waals surface area (Å²) >= 11 is 0. The number of hydrogen-bond donors (Lipinski definition) is 6. The van der Waals surface area contributed by atoms with Gasteiger partial charge in [0.05, 0.1) is 25.4 Å². The smallest absolute Gasteiger partial charge is 0.220 e. The molecule has 1 heterocycles. The van der Waals surface area contributed by atoms with Crippen LogP contribution in [0.2, 0.25) is 0 Å². The number of ether oxygens (including phenoxy) is 2. The molecule has 2 unspecified atom stereocenters. The number of rotatable bonds is 40. The van der Waals surface area contributed by atoms with Gasteiger partial charge in [0.1, 0.15) is 24.4 Å². The number of unbranched alkanes of at least 4 members (excludes halogenated alkanes) is 30. The summed E-state index contributed by atoms with van der Waals surface area (Å²) in [6.07, 6.45) is 36.8. The summed E-state index contributed by atoms with van der Waals surface area (Å²) in [4.78, 5) is 13.0. The van der Waals surface area contributed by atoms with E-state index in [2.05, 4.69) is 19.2 Å². The van der Waals surface area contributed by atoms with Gasteiger partial charge in [0.2, 0.25) is 5.91 Å². The molecule has 0 aromatic carbocycles. The van der Waals surface area contributed by atoms with Crippen molar-refractivity contribution in [3.63, 3.8) is 0 Å². The van der Waals surface area contributed by atoms with E-state index in [1.807, 2.05) is 6.08 Å². The van der Waals surface area contributed by atoms with E-state index < -0.39 is 49.5 Å². The molecule has 0 aromatic heterocycles. The van der Waals surface area contributed by atoms with Crippen molar-refractivity contribution in [2.75, 3.05) is 13.2 Å². The molecule has 6 N–H and O–H groups in total. The predicted molar refractivity (Wildman–Crippen MR) is 231 cm³/mol. The summed E-state index contributed by atoms with van der Waals surface area (Å²) in [5, 5.41) is 54.2. The average Bonchev–Trinajstić information content (AvgIpc) is 3.20. The molecule has 1 saturated heterocycles. The fraction of sp³-hybridized carbons (Fsp3) is 0.936. The Bertz CT molecular complexity index is 888. The summed E-state index contributed by atoms with van der Waals surface area (Å²) in [6, 6.07) is -0.798. The van der Waals surface area contributed by atoms with E-state index in [9.17, 15) is 30.3 Å². The average molecular weight is 798 g/mol. The lowest BCUT2D eigenvalue weighted by Gasteiger charge is -2.40. The van der Waals surface area contributed by atoms with Gasteiger partial charge in [-0.1, -0.05) is 212 Å². The number of aliphatic hydroxyl groups excluding tert-OH is 5. The summed E-state index contributed by atoms with van der Waals surface area (Å²) in [6.45, 7) is 3.79. The molecule has 1 aliphatic rings. The fourth-order valence-corrected chi connectivity index (χ4v) is 7.75. The molecule has 1 rings (SSSR count). The highest BCUT2D eigenvalue weighted by Gasteiger charge is 2.44. The van der Waals surface area contributed by atoms with Crippen molar-refractivity contribution in [2.45, 2.75) is 269 Å². The van der Waals surface area contributed by atoms with Crippen molar-refractivity contribution >= 4 is 5.91 Å². The van der Waals surface area contributed by atoms with Gasteiger partial charge in [0, 0.05) is 6.42 Å². The van der Waals surface area contributed by atoms with E-state index in [1.54, 1.807) is 6.08 Å². The molecule has 0 aliphatic carbocycles. The molecule has 1 aliphatic heterocycles. The van der Waals surface area contributed by atoms with Crippen molar-refractivity contribution in [1.82, 2.24) is 5.32 Å².